The first-order valence-corrected chi connectivity index (χ1v) is 2.81. The molecule has 1 rings (SSSR count). The fourth-order valence-electron chi connectivity index (χ4n) is 0.713. The predicted molar refractivity (Wildman–Crippen MR) is 33.2 cm³/mol. The lowest BCUT2D eigenvalue weighted by Gasteiger charge is -1.85. The van der Waals surface area contributed by atoms with Crippen molar-refractivity contribution in [1.29, 1.82) is 0 Å². The van der Waals surface area contributed by atoms with Crippen LogP contribution < -0.4 is 0 Å². The summed E-state index contributed by atoms with van der Waals surface area (Å²) >= 11 is 0. The molecule has 0 aliphatic rings. The molecule has 0 aliphatic heterocycles. The second-order valence-electron chi connectivity index (χ2n) is 1.87. The van der Waals surface area contributed by atoms with E-state index in [1.165, 1.54) is 0 Å². The van der Waals surface area contributed by atoms with E-state index in [1.807, 2.05) is 13.0 Å². The highest BCUT2D eigenvalue weighted by molar-refractivity contribution is 5.55. The molecule has 0 N–H and O–H groups in total. The van der Waals surface area contributed by atoms with Crippen molar-refractivity contribution < 1.29 is 9.21 Å². The lowest BCUT2D eigenvalue weighted by molar-refractivity contribution is -0.107. The Hall–Kier alpha value is -1.05. The van der Waals surface area contributed by atoms with Crippen LogP contribution in [0.25, 0.3) is 0 Å². The molecule has 0 aliphatic carbocycles. The quantitative estimate of drug-likeness (QED) is 0.557. The van der Waals surface area contributed by atoms with Crippen molar-refractivity contribution in [2.45, 2.75) is 13.3 Å². The Morgan fingerprint density at radius 3 is 3.00 bits per heavy atom. The van der Waals surface area contributed by atoms with E-state index in [-0.39, 0.29) is 0 Å². The zero-order valence-electron chi connectivity index (χ0n) is 5.26. The Kier molecular flexibility index (Phi) is 1.68. The molecule has 0 amide bonds. The maximum Gasteiger partial charge on any atom is 0.124 e. The van der Waals surface area contributed by atoms with Gasteiger partial charge in [0.15, 0.2) is 0 Å². The zero-order valence-corrected chi connectivity index (χ0v) is 5.26. The Balaban J connectivity index is 2.80. The van der Waals surface area contributed by atoms with Gasteiger partial charge in [-0.2, -0.15) is 0 Å². The molecule has 0 atom stereocenters. The Labute approximate surface area is 53.5 Å². The van der Waals surface area contributed by atoms with E-state index in [4.69, 9.17) is 4.42 Å². The van der Waals surface area contributed by atoms with Gasteiger partial charge in [0.25, 0.3) is 0 Å². The molecule has 0 saturated heterocycles. The third kappa shape index (κ3) is 1.19. The molecule has 0 aromatic carbocycles. The monoisotopic (exact) mass is 124 g/mol. The molecular formula is C7H8O2. The molecule has 0 radical (unpaired) electrons. The third-order valence-corrected chi connectivity index (χ3v) is 1.27. The van der Waals surface area contributed by atoms with Crippen molar-refractivity contribution in [2.75, 3.05) is 0 Å². The molecule has 0 unspecified atom stereocenters. The van der Waals surface area contributed by atoms with E-state index in [2.05, 4.69) is 0 Å². The SMILES string of the molecule is Cc1occc1CC=O. The highest BCUT2D eigenvalue weighted by Gasteiger charge is 1.97. The van der Waals surface area contributed by atoms with Crippen LogP contribution in [0.1, 0.15) is 11.3 Å². The Bertz CT molecular complexity index is 200. The van der Waals surface area contributed by atoms with Gasteiger partial charge in [-0.3, -0.25) is 0 Å². The van der Waals surface area contributed by atoms with Gasteiger partial charge in [-0.05, 0) is 13.0 Å². The van der Waals surface area contributed by atoms with E-state index >= 15 is 0 Å². The summed E-state index contributed by atoms with van der Waals surface area (Å²) in [6.45, 7) is 1.85. The van der Waals surface area contributed by atoms with Gasteiger partial charge < -0.3 is 9.21 Å². The fourth-order valence-corrected chi connectivity index (χ4v) is 0.713. The summed E-state index contributed by atoms with van der Waals surface area (Å²) in [5.41, 5.74) is 0.977. The zero-order chi connectivity index (χ0) is 6.69. The van der Waals surface area contributed by atoms with E-state index in [9.17, 15) is 4.79 Å². The van der Waals surface area contributed by atoms with Gasteiger partial charge in [-0.25, -0.2) is 0 Å². The molecule has 1 aromatic heterocycles. The lowest BCUT2D eigenvalue weighted by atomic mass is 10.2. The normalized spacial score (nSPS) is 9.44. The number of hydrogen-bond acceptors (Lipinski definition) is 2. The van der Waals surface area contributed by atoms with Crippen molar-refractivity contribution in [3.63, 3.8) is 0 Å². The lowest BCUT2D eigenvalue weighted by Crippen LogP contribution is -1.83. The summed E-state index contributed by atoms with van der Waals surface area (Å²) < 4.78 is 4.96. The van der Waals surface area contributed by atoms with E-state index in [0.29, 0.717) is 6.42 Å². The maximum absolute atomic E-state index is 9.98. The highest BCUT2D eigenvalue weighted by Crippen LogP contribution is 2.07. The van der Waals surface area contributed by atoms with E-state index < -0.39 is 0 Å². The molecule has 9 heavy (non-hydrogen) atoms. The Morgan fingerprint density at radius 1 is 1.78 bits per heavy atom. The van der Waals surface area contributed by atoms with Gasteiger partial charge in [0.05, 0.1) is 6.26 Å². The van der Waals surface area contributed by atoms with Crippen molar-refractivity contribution in [3.05, 3.63) is 23.7 Å². The molecule has 2 nitrogen and oxygen atoms in total. The maximum atomic E-state index is 9.98. The summed E-state index contributed by atoms with van der Waals surface area (Å²) in [5, 5.41) is 0. The summed E-state index contributed by atoms with van der Waals surface area (Å²) in [7, 11) is 0. The van der Waals surface area contributed by atoms with Gasteiger partial charge in [0.2, 0.25) is 0 Å². The summed E-state index contributed by atoms with van der Waals surface area (Å²) in [4.78, 5) is 9.98. The van der Waals surface area contributed by atoms with Gasteiger partial charge >= 0.3 is 0 Å². The van der Waals surface area contributed by atoms with Gasteiger partial charge in [-0.1, -0.05) is 0 Å². The molecule has 2 heteroatoms. The second-order valence-corrected chi connectivity index (χ2v) is 1.87. The van der Waals surface area contributed by atoms with Gasteiger partial charge in [0.1, 0.15) is 12.0 Å². The van der Waals surface area contributed by atoms with Gasteiger partial charge in [0, 0.05) is 12.0 Å². The highest BCUT2D eigenvalue weighted by atomic mass is 16.3. The average molecular weight is 124 g/mol. The summed E-state index contributed by atoms with van der Waals surface area (Å²) in [6, 6.07) is 1.81. The standard InChI is InChI=1S/C7H8O2/c1-6-7(2-4-8)3-5-9-6/h3-5H,2H2,1H3. The molecule has 0 fully saturated rings. The molecule has 0 saturated carbocycles. The number of aldehydes is 1. The molecule has 48 valence electrons. The molecular weight excluding hydrogens is 116 g/mol. The van der Waals surface area contributed by atoms with Crippen molar-refractivity contribution in [3.8, 4) is 0 Å². The van der Waals surface area contributed by atoms with E-state index in [1.54, 1.807) is 6.26 Å². The number of rotatable bonds is 2. The summed E-state index contributed by atoms with van der Waals surface area (Å²) in [6.07, 6.45) is 2.92. The number of carbonyl (C=O) groups is 1. The largest absolute Gasteiger partial charge is 0.469 e. The topological polar surface area (TPSA) is 30.2 Å². The van der Waals surface area contributed by atoms with Crippen LogP contribution in [-0.2, 0) is 11.2 Å². The minimum Gasteiger partial charge on any atom is -0.469 e. The first-order valence-electron chi connectivity index (χ1n) is 2.81. The van der Waals surface area contributed by atoms with Crippen LogP contribution in [0, 0.1) is 6.92 Å². The van der Waals surface area contributed by atoms with Crippen LogP contribution in [0.5, 0.6) is 0 Å². The first kappa shape index (κ1) is 6.08. The van der Waals surface area contributed by atoms with Crippen LogP contribution in [0.3, 0.4) is 0 Å². The van der Waals surface area contributed by atoms with E-state index in [0.717, 1.165) is 17.6 Å². The number of carbonyl (C=O) groups excluding carboxylic acids is 1. The average Bonchev–Trinajstić information content (AvgIpc) is 2.18. The third-order valence-electron chi connectivity index (χ3n) is 1.27. The fraction of sp³-hybridized carbons (Fsp3) is 0.286. The minimum absolute atomic E-state index is 0.461. The number of aryl methyl sites for hydroxylation is 1. The number of hydrogen-bond donors (Lipinski definition) is 0. The van der Waals surface area contributed by atoms with Gasteiger partial charge in [-0.15, -0.1) is 0 Å². The number of furan rings is 1. The Morgan fingerprint density at radius 2 is 2.56 bits per heavy atom. The van der Waals surface area contributed by atoms with Crippen LogP contribution in [-0.4, -0.2) is 6.29 Å². The van der Waals surface area contributed by atoms with Crippen LogP contribution in [0.4, 0.5) is 0 Å². The summed E-state index contributed by atoms with van der Waals surface area (Å²) in [5.74, 6) is 0.835. The first-order chi connectivity index (χ1) is 4.34. The molecule has 1 aromatic rings. The second kappa shape index (κ2) is 2.49. The smallest absolute Gasteiger partial charge is 0.124 e. The van der Waals surface area contributed by atoms with Crippen LogP contribution in [0.2, 0.25) is 0 Å². The van der Waals surface area contributed by atoms with Crippen LogP contribution in [0.15, 0.2) is 16.7 Å². The van der Waals surface area contributed by atoms with Crippen molar-refractivity contribution in [1.82, 2.24) is 0 Å². The van der Waals surface area contributed by atoms with Crippen molar-refractivity contribution in [2.24, 2.45) is 0 Å². The minimum atomic E-state index is 0.461. The molecule has 0 spiro atoms. The molecule has 1 heterocycles. The molecule has 0 bridgehead atoms. The van der Waals surface area contributed by atoms with Crippen LogP contribution >= 0.6 is 0 Å². The van der Waals surface area contributed by atoms with Crippen molar-refractivity contribution >= 4 is 6.29 Å². The predicted octanol–water partition coefficient (Wildman–Crippen LogP) is 1.33.